The molecule has 0 aliphatic carbocycles. The zero-order valence-electron chi connectivity index (χ0n) is 9.82. The Morgan fingerprint density at radius 2 is 2.12 bits per heavy atom. The standard InChI is InChI=1S/C11H16N2O4/c1-7(10(14)15)5-12-11(16)13-6-9-4-3-8(2)17-9/h3-4,7H,5-6H2,1-2H3,(H,14,15)(H2,12,13,16). The average molecular weight is 240 g/mol. The van der Waals surface area contributed by atoms with Gasteiger partial charge in [-0.1, -0.05) is 6.92 Å². The van der Waals surface area contributed by atoms with Crippen LogP contribution in [0.4, 0.5) is 4.79 Å². The number of furan rings is 1. The van der Waals surface area contributed by atoms with Crippen LogP contribution < -0.4 is 10.6 Å². The molecule has 0 bridgehead atoms. The summed E-state index contributed by atoms with van der Waals surface area (Å²) in [7, 11) is 0. The maximum Gasteiger partial charge on any atom is 0.315 e. The summed E-state index contributed by atoms with van der Waals surface area (Å²) in [4.78, 5) is 21.8. The second kappa shape index (κ2) is 5.93. The molecule has 1 unspecified atom stereocenters. The highest BCUT2D eigenvalue weighted by Gasteiger charge is 2.11. The van der Waals surface area contributed by atoms with Crippen molar-refractivity contribution in [3.63, 3.8) is 0 Å². The summed E-state index contributed by atoms with van der Waals surface area (Å²) < 4.78 is 5.26. The number of carbonyl (C=O) groups is 2. The summed E-state index contributed by atoms with van der Waals surface area (Å²) in [5, 5.41) is 13.7. The number of hydrogen-bond donors (Lipinski definition) is 3. The maximum atomic E-state index is 11.3. The first-order valence-corrected chi connectivity index (χ1v) is 5.29. The lowest BCUT2D eigenvalue weighted by Crippen LogP contribution is -2.38. The van der Waals surface area contributed by atoms with Gasteiger partial charge in [-0.15, -0.1) is 0 Å². The predicted octanol–water partition coefficient (Wildman–Crippen LogP) is 1.11. The Kier molecular flexibility index (Phi) is 4.56. The molecule has 1 aromatic heterocycles. The fraction of sp³-hybridized carbons (Fsp3) is 0.455. The van der Waals surface area contributed by atoms with Gasteiger partial charge >= 0.3 is 12.0 Å². The normalized spacial score (nSPS) is 11.9. The number of nitrogens with one attached hydrogen (secondary N) is 2. The summed E-state index contributed by atoms with van der Waals surface area (Å²) in [5.41, 5.74) is 0. The first-order chi connectivity index (χ1) is 7.99. The van der Waals surface area contributed by atoms with Crippen molar-refractivity contribution in [2.75, 3.05) is 6.54 Å². The summed E-state index contributed by atoms with van der Waals surface area (Å²) in [6, 6.07) is 3.17. The van der Waals surface area contributed by atoms with Crippen molar-refractivity contribution in [3.05, 3.63) is 23.7 Å². The lowest BCUT2D eigenvalue weighted by Gasteiger charge is -2.08. The number of aliphatic carboxylic acids is 1. The maximum absolute atomic E-state index is 11.3. The second-order valence-corrected chi connectivity index (χ2v) is 3.82. The molecule has 0 radical (unpaired) electrons. The average Bonchev–Trinajstić information content (AvgIpc) is 2.69. The van der Waals surface area contributed by atoms with Crippen LogP contribution in [-0.2, 0) is 11.3 Å². The minimum atomic E-state index is -0.938. The van der Waals surface area contributed by atoms with Crippen molar-refractivity contribution in [3.8, 4) is 0 Å². The van der Waals surface area contributed by atoms with E-state index in [1.165, 1.54) is 6.92 Å². The van der Waals surface area contributed by atoms with E-state index in [4.69, 9.17) is 9.52 Å². The lowest BCUT2D eigenvalue weighted by molar-refractivity contribution is -0.140. The molecule has 6 nitrogen and oxygen atoms in total. The summed E-state index contributed by atoms with van der Waals surface area (Å²) in [6.07, 6.45) is 0. The highest BCUT2D eigenvalue weighted by Crippen LogP contribution is 2.05. The van der Waals surface area contributed by atoms with Gasteiger partial charge in [-0.3, -0.25) is 4.79 Å². The van der Waals surface area contributed by atoms with Gasteiger partial charge in [-0.2, -0.15) is 0 Å². The van der Waals surface area contributed by atoms with Crippen LogP contribution in [0.3, 0.4) is 0 Å². The minimum absolute atomic E-state index is 0.0956. The van der Waals surface area contributed by atoms with E-state index in [9.17, 15) is 9.59 Å². The Balaban J connectivity index is 2.24. The van der Waals surface area contributed by atoms with E-state index in [1.807, 2.05) is 6.92 Å². The van der Waals surface area contributed by atoms with Gasteiger partial charge in [0, 0.05) is 6.54 Å². The van der Waals surface area contributed by atoms with Crippen LogP contribution in [0.15, 0.2) is 16.5 Å². The molecule has 1 rings (SSSR count). The molecule has 94 valence electrons. The van der Waals surface area contributed by atoms with Gasteiger partial charge in [0.05, 0.1) is 12.5 Å². The Morgan fingerprint density at radius 3 is 2.65 bits per heavy atom. The molecule has 0 saturated carbocycles. The molecular formula is C11H16N2O4. The molecule has 17 heavy (non-hydrogen) atoms. The number of hydrogen-bond acceptors (Lipinski definition) is 3. The SMILES string of the molecule is Cc1ccc(CNC(=O)NCC(C)C(=O)O)o1. The second-order valence-electron chi connectivity index (χ2n) is 3.82. The minimum Gasteiger partial charge on any atom is -0.481 e. The molecule has 2 amide bonds. The van der Waals surface area contributed by atoms with E-state index in [0.29, 0.717) is 5.76 Å². The van der Waals surface area contributed by atoms with E-state index in [1.54, 1.807) is 12.1 Å². The highest BCUT2D eigenvalue weighted by molar-refractivity contribution is 5.75. The van der Waals surface area contributed by atoms with Crippen LogP contribution in [0.5, 0.6) is 0 Å². The van der Waals surface area contributed by atoms with Crippen molar-refractivity contribution in [1.29, 1.82) is 0 Å². The molecule has 0 fully saturated rings. The molecular weight excluding hydrogens is 224 g/mol. The van der Waals surface area contributed by atoms with E-state index in [0.717, 1.165) is 5.76 Å². The zero-order valence-corrected chi connectivity index (χ0v) is 9.82. The van der Waals surface area contributed by atoms with Crippen molar-refractivity contribution < 1.29 is 19.1 Å². The van der Waals surface area contributed by atoms with E-state index >= 15 is 0 Å². The van der Waals surface area contributed by atoms with Gasteiger partial charge in [0.1, 0.15) is 11.5 Å². The summed E-state index contributed by atoms with van der Waals surface area (Å²) in [6.45, 7) is 3.72. The Labute approximate surface area is 99.0 Å². The Morgan fingerprint density at radius 1 is 1.41 bits per heavy atom. The van der Waals surface area contributed by atoms with Crippen LogP contribution in [0.2, 0.25) is 0 Å². The van der Waals surface area contributed by atoms with Crippen LogP contribution in [0, 0.1) is 12.8 Å². The molecule has 0 saturated heterocycles. The fourth-order valence-electron chi connectivity index (χ4n) is 1.14. The van der Waals surface area contributed by atoms with Gasteiger partial charge in [-0.05, 0) is 19.1 Å². The van der Waals surface area contributed by atoms with Crippen LogP contribution in [0.25, 0.3) is 0 Å². The third kappa shape index (κ3) is 4.58. The van der Waals surface area contributed by atoms with Crippen LogP contribution in [-0.4, -0.2) is 23.7 Å². The fourth-order valence-corrected chi connectivity index (χ4v) is 1.14. The van der Waals surface area contributed by atoms with Gasteiger partial charge in [-0.25, -0.2) is 4.79 Å². The quantitative estimate of drug-likeness (QED) is 0.718. The predicted molar refractivity (Wildman–Crippen MR) is 60.5 cm³/mol. The van der Waals surface area contributed by atoms with Crippen molar-refractivity contribution in [2.45, 2.75) is 20.4 Å². The third-order valence-corrected chi connectivity index (χ3v) is 2.21. The van der Waals surface area contributed by atoms with Crippen LogP contribution >= 0.6 is 0 Å². The van der Waals surface area contributed by atoms with Crippen molar-refractivity contribution in [2.24, 2.45) is 5.92 Å². The number of aryl methyl sites for hydroxylation is 1. The Hall–Kier alpha value is -1.98. The van der Waals surface area contributed by atoms with Gasteiger partial charge in [0.25, 0.3) is 0 Å². The molecule has 1 aromatic rings. The van der Waals surface area contributed by atoms with E-state index in [-0.39, 0.29) is 13.1 Å². The number of carbonyl (C=O) groups excluding carboxylic acids is 1. The van der Waals surface area contributed by atoms with E-state index < -0.39 is 17.9 Å². The largest absolute Gasteiger partial charge is 0.481 e. The Bertz CT molecular complexity index is 400. The molecule has 1 heterocycles. The lowest BCUT2D eigenvalue weighted by atomic mass is 10.2. The van der Waals surface area contributed by atoms with Gasteiger partial charge in [0.15, 0.2) is 0 Å². The molecule has 0 aliphatic rings. The number of carboxylic acid groups (broad SMARTS) is 1. The topological polar surface area (TPSA) is 91.6 Å². The van der Waals surface area contributed by atoms with Crippen LogP contribution in [0.1, 0.15) is 18.4 Å². The zero-order chi connectivity index (χ0) is 12.8. The molecule has 1 atom stereocenters. The van der Waals surface area contributed by atoms with Gasteiger partial charge in [0.2, 0.25) is 0 Å². The monoisotopic (exact) mass is 240 g/mol. The van der Waals surface area contributed by atoms with E-state index in [2.05, 4.69) is 10.6 Å². The summed E-state index contributed by atoms with van der Waals surface area (Å²) in [5.74, 6) is -0.107. The number of amides is 2. The first kappa shape index (κ1) is 13.1. The molecule has 6 heteroatoms. The smallest absolute Gasteiger partial charge is 0.315 e. The number of carboxylic acids is 1. The third-order valence-electron chi connectivity index (χ3n) is 2.21. The molecule has 0 aromatic carbocycles. The number of urea groups is 1. The first-order valence-electron chi connectivity index (χ1n) is 5.29. The summed E-state index contributed by atoms with van der Waals surface area (Å²) >= 11 is 0. The molecule has 0 spiro atoms. The number of rotatable bonds is 5. The van der Waals surface area contributed by atoms with Gasteiger partial charge < -0.3 is 20.2 Å². The highest BCUT2D eigenvalue weighted by atomic mass is 16.4. The molecule has 0 aliphatic heterocycles. The van der Waals surface area contributed by atoms with Crippen molar-refractivity contribution in [1.82, 2.24) is 10.6 Å². The molecule has 3 N–H and O–H groups in total. The van der Waals surface area contributed by atoms with Crippen molar-refractivity contribution >= 4 is 12.0 Å².